The third-order valence-corrected chi connectivity index (χ3v) is 2.53. The maximum atomic E-state index is 11.6. The molecule has 19 heavy (non-hydrogen) atoms. The van der Waals surface area contributed by atoms with E-state index in [1.165, 1.54) is 0 Å². The Morgan fingerprint density at radius 2 is 1.95 bits per heavy atom. The summed E-state index contributed by atoms with van der Waals surface area (Å²) in [5.74, 6) is -0.379. The molecule has 0 saturated carbocycles. The molecule has 0 fully saturated rings. The molecule has 2 N–H and O–H groups in total. The lowest BCUT2D eigenvalue weighted by molar-refractivity contribution is -0.750. The largest absolute Gasteiger partial charge is 1.00 e. The monoisotopic (exact) mass is 326 g/mol. The molecule has 1 unspecified atom stereocenters. The first-order valence-corrected chi connectivity index (χ1v) is 5.49. The molecule has 102 valence electrons. The number of hydrogen-bond donors (Lipinski definition) is 2. The maximum absolute atomic E-state index is 11.6. The summed E-state index contributed by atoms with van der Waals surface area (Å²) in [6, 6.07) is 9.35. The van der Waals surface area contributed by atoms with Gasteiger partial charge in [0.2, 0.25) is 11.5 Å². The Morgan fingerprint density at radius 1 is 1.26 bits per heavy atom. The number of carbonyl (C=O) groups excluding carboxylic acids is 1. The van der Waals surface area contributed by atoms with E-state index in [0.29, 0.717) is 0 Å². The van der Waals surface area contributed by atoms with Crippen molar-refractivity contribution in [3.05, 3.63) is 64.8 Å². The maximum Gasteiger partial charge on any atom is 0.231 e. The molecule has 6 heteroatoms. The summed E-state index contributed by atoms with van der Waals surface area (Å²) in [6.45, 7) is -0.207. The normalized spacial score (nSPS) is 18.2. The Balaban J connectivity index is 0.00000180. The first-order valence-electron chi connectivity index (χ1n) is 5.49. The molecule has 1 aliphatic rings. The van der Waals surface area contributed by atoms with Crippen LogP contribution in [0.4, 0.5) is 0 Å². The molecule has 0 aliphatic carbocycles. The van der Waals surface area contributed by atoms with Crippen molar-refractivity contribution in [2.24, 2.45) is 0 Å². The molecule has 1 aromatic carbocycles. The van der Waals surface area contributed by atoms with Crippen molar-refractivity contribution in [3.63, 3.8) is 0 Å². The SMILES string of the molecule is O=C1C=C(CO)[NH+]([O-])C=C1OCc1ccccc1.[Br-]. The summed E-state index contributed by atoms with van der Waals surface area (Å²) in [5.41, 5.74) is 1.00. The molecule has 0 saturated heterocycles. The third kappa shape index (κ3) is 4.00. The lowest BCUT2D eigenvalue weighted by atomic mass is 10.2. The van der Waals surface area contributed by atoms with Crippen molar-refractivity contribution in [1.82, 2.24) is 0 Å². The number of benzene rings is 1. The van der Waals surface area contributed by atoms with Crippen LogP contribution in [0.3, 0.4) is 0 Å². The van der Waals surface area contributed by atoms with Gasteiger partial charge in [0, 0.05) is 6.08 Å². The number of carbonyl (C=O) groups is 1. The lowest BCUT2D eigenvalue weighted by Gasteiger charge is -2.23. The molecule has 0 amide bonds. The molecule has 1 heterocycles. The predicted octanol–water partition coefficient (Wildman–Crippen LogP) is -3.11. The Bertz CT molecular complexity index is 499. The first kappa shape index (κ1) is 15.6. The molecule has 0 radical (unpaired) electrons. The van der Waals surface area contributed by atoms with E-state index in [4.69, 9.17) is 9.84 Å². The smallest absolute Gasteiger partial charge is 0.231 e. The zero-order valence-electron chi connectivity index (χ0n) is 10.0. The number of nitrogens with one attached hydrogen (secondary N) is 1. The number of hydrogen-bond acceptors (Lipinski definition) is 4. The summed E-state index contributed by atoms with van der Waals surface area (Å²) in [7, 11) is 0. The molecule has 5 nitrogen and oxygen atoms in total. The number of ketones is 1. The minimum atomic E-state index is -0.437. The second-order valence-corrected chi connectivity index (χ2v) is 3.84. The van der Waals surface area contributed by atoms with E-state index in [1.807, 2.05) is 30.3 Å². The molecule has 0 bridgehead atoms. The average Bonchev–Trinajstić information content (AvgIpc) is 2.40. The number of hydroxylamine groups is 2. The van der Waals surface area contributed by atoms with Crippen LogP contribution in [0.2, 0.25) is 0 Å². The van der Waals surface area contributed by atoms with Gasteiger partial charge in [0.1, 0.15) is 25.1 Å². The summed E-state index contributed by atoms with van der Waals surface area (Å²) in [6.07, 6.45) is 2.24. The van der Waals surface area contributed by atoms with E-state index in [1.54, 1.807) is 0 Å². The van der Waals surface area contributed by atoms with Crippen LogP contribution in [0.5, 0.6) is 0 Å². The highest BCUT2D eigenvalue weighted by Gasteiger charge is 2.21. The highest BCUT2D eigenvalue weighted by Crippen LogP contribution is 2.09. The summed E-state index contributed by atoms with van der Waals surface area (Å²) in [5, 5.41) is 19.9. The van der Waals surface area contributed by atoms with E-state index >= 15 is 0 Å². The fraction of sp³-hybridized carbons (Fsp3) is 0.154. The second kappa shape index (κ2) is 7.20. The van der Waals surface area contributed by atoms with Gasteiger partial charge in [0.25, 0.3) is 0 Å². The van der Waals surface area contributed by atoms with Crippen LogP contribution in [0.15, 0.2) is 54.1 Å². The molecule has 1 aromatic rings. The number of rotatable bonds is 4. The van der Waals surface area contributed by atoms with Crippen molar-refractivity contribution in [2.75, 3.05) is 6.61 Å². The summed E-state index contributed by atoms with van der Waals surface area (Å²) < 4.78 is 5.31. The number of allylic oxidation sites excluding steroid dienone is 1. The zero-order valence-corrected chi connectivity index (χ0v) is 11.6. The molecule has 2 rings (SSSR count). The van der Waals surface area contributed by atoms with Crippen LogP contribution in [-0.2, 0) is 16.1 Å². The van der Waals surface area contributed by atoms with Crippen molar-refractivity contribution in [2.45, 2.75) is 6.61 Å². The van der Waals surface area contributed by atoms with E-state index in [9.17, 15) is 10.0 Å². The minimum absolute atomic E-state index is 0. The van der Waals surface area contributed by atoms with E-state index in [0.717, 1.165) is 17.8 Å². The number of aliphatic hydroxyl groups excluding tert-OH is 1. The van der Waals surface area contributed by atoms with E-state index in [-0.39, 0.29) is 40.1 Å². The third-order valence-electron chi connectivity index (χ3n) is 2.53. The summed E-state index contributed by atoms with van der Waals surface area (Å²) in [4.78, 5) is 11.6. The highest BCUT2D eigenvalue weighted by atomic mass is 79.9. The van der Waals surface area contributed by atoms with Gasteiger partial charge in [-0.05, 0) is 5.56 Å². The van der Waals surface area contributed by atoms with Gasteiger partial charge in [-0.1, -0.05) is 30.3 Å². The van der Waals surface area contributed by atoms with Gasteiger partial charge >= 0.3 is 0 Å². The summed E-state index contributed by atoms with van der Waals surface area (Å²) >= 11 is 0. The molecule has 0 spiro atoms. The quantitative estimate of drug-likeness (QED) is 0.575. The van der Waals surface area contributed by atoms with Gasteiger partial charge in [-0.25, -0.2) is 0 Å². The van der Waals surface area contributed by atoms with Crippen LogP contribution < -0.4 is 22.0 Å². The second-order valence-electron chi connectivity index (χ2n) is 3.84. The van der Waals surface area contributed by atoms with Gasteiger partial charge in [-0.2, -0.15) is 0 Å². The lowest BCUT2D eigenvalue weighted by Crippen LogP contribution is -3.01. The van der Waals surface area contributed by atoms with Crippen LogP contribution in [-0.4, -0.2) is 17.5 Å². The van der Waals surface area contributed by atoms with E-state index < -0.39 is 12.4 Å². The van der Waals surface area contributed by atoms with Gasteiger partial charge in [-0.3, -0.25) is 4.79 Å². The number of halogens is 1. The van der Waals surface area contributed by atoms with Gasteiger partial charge in [0.05, 0.1) is 0 Å². The number of aliphatic hydroxyl groups is 1. The fourth-order valence-corrected chi connectivity index (χ4v) is 1.56. The Kier molecular flexibility index (Phi) is 5.91. The molecular formula is C13H13BrNO4-. The average molecular weight is 327 g/mol. The van der Waals surface area contributed by atoms with Crippen LogP contribution in [0.25, 0.3) is 0 Å². The van der Waals surface area contributed by atoms with Crippen molar-refractivity contribution in [3.8, 4) is 0 Å². The van der Waals surface area contributed by atoms with Gasteiger partial charge < -0.3 is 37.1 Å². The first-order chi connectivity index (χ1) is 8.70. The van der Waals surface area contributed by atoms with Gasteiger partial charge in [-0.15, -0.1) is 0 Å². The number of quaternary nitrogens is 1. The van der Waals surface area contributed by atoms with Crippen molar-refractivity contribution < 1.29 is 36.7 Å². The van der Waals surface area contributed by atoms with Crippen molar-refractivity contribution in [1.29, 1.82) is 0 Å². The topological polar surface area (TPSA) is 74.0 Å². The zero-order chi connectivity index (χ0) is 13.0. The Morgan fingerprint density at radius 3 is 2.58 bits per heavy atom. The molecule has 1 atom stereocenters. The Labute approximate surface area is 121 Å². The van der Waals surface area contributed by atoms with Gasteiger partial charge in [0.15, 0.2) is 0 Å². The highest BCUT2D eigenvalue weighted by molar-refractivity contribution is 6.02. The molecular weight excluding hydrogens is 314 g/mol. The number of ether oxygens (including phenoxy) is 1. The predicted molar refractivity (Wildman–Crippen MR) is 63.8 cm³/mol. The van der Waals surface area contributed by atoms with Crippen LogP contribution >= 0.6 is 0 Å². The van der Waals surface area contributed by atoms with Crippen LogP contribution in [0.1, 0.15) is 5.56 Å². The molecule has 0 aromatic heterocycles. The molecule has 1 aliphatic heterocycles. The standard InChI is InChI=1S/C13H13NO4.BrH/c15-8-11-6-12(16)13(7-14(11)17)18-9-10-4-2-1-3-5-10;/h1-7,14-15H,8-9H2;1H/p-1. The minimum Gasteiger partial charge on any atom is -1.00 e. The fourth-order valence-electron chi connectivity index (χ4n) is 1.56. The van der Waals surface area contributed by atoms with Crippen molar-refractivity contribution >= 4 is 5.78 Å². The van der Waals surface area contributed by atoms with E-state index in [2.05, 4.69) is 0 Å². The Hall–Kier alpha value is -1.47. The van der Waals surface area contributed by atoms with Crippen LogP contribution in [0, 0.1) is 5.21 Å².